The summed E-state index contributed by atoms with van der Waals surface area (Å²) < 4.78 is 5.77. The van der Waals surface area contributed by atoms with Gasteiger partial charge in [0.2, 0.25) is 0 Å². The van der Waals surface area contributed by atoms with Crippen molar-refractivity contribution in [3.63, 3.8) is 0 Å². The third-order valence-electron chi connectivity index (χ3n) is 2.80. The zero-order valence-corrected chi connectivity index (χ0v) is 8.76. The van der Waals surface area contributed by atoms with Crippen LogP contribution in [0.4, 0.5) is 0 Å². The lowest BCUT2D eigenvalue weighted by Gasteiger charge is -2.14. The lowest BCUT2D eigenvalue weighted by Crippen LogP contribution is -2.11. The predicted octanol–water partition coefficient (Wildman–Crippen LogP) is 3.73. The van der Waals surface area contributed by atoms with Crippen LogP contribution in [-0.2, 0) is 4.74 Å². The van der Waals surface area contributed by atoms with Crippen LogP contribution in [0.1, 0.15) is 57.8 Å². The van der Waals surface area contributed by atoms with Crippen LogP contribution in [-0.4, -0.2) is 12.7 Å². The minimum absolute atomic E-state index is 0.576. The summed E-state index contributed by atoms with van der Waals surface area (Å²) in [6.07, 6.45) is 12.2. The number of rotatable bonds is 5. The molecule has 0 aromatic heterocycles. The molecule has 0 aromatic carbocycles. The van der Waals surface area contributed by atoms with Gasteiger partial charge in [0.15, 0.2) is 0 Å². The van der Waals surface area contributed by atoms with Crippen molar-refractivity contribution in [2.24, 2.45) is 0 Å². The molecular formula is C12H23O. The highest BCUT2D eigenvalue weighted by Gasteiger charge is 2.11. The minimum atomic E-state index is 0.576. The maximum absolute atomic E-state index is 5.77. The second-order valence-corrected chi connectivity index (χ2v) is 4.05. The highest BCUT2D eigenvalue weighted by molar-refractivity contribution is 4.62. The van der Waals surface area contributed by atoms with Crippen LogP contribution in [0.5, 0.6) is 0 Å². The zero-order chi connectivity index (χ0) is 9.36. The van der Waals surface area contributed by atoms with E-state index in [0.29, 0.717) is 6.10 Å². The summed E-state index contributed by atoms with van der Waals surface area (Å²) in [5.74, 6) is 0. The van der Waals surface area contributed by atoms with Gasteiger partial charge in [-0.05, 0) is 19.3 Å². The first-order valence-electron chi connectivity index (χ1n) is 5.84. The van der Waals surface area contributed by atoms with Gasteiger partial charge in [0.05, 0.1) is 6.10 Å². The molecule has 1 fully saturated rings. The Balaban J connectivity index is 1.98. The predicted molar refractivity (Wildman–Crippen MR) is 56.7 cm³/mol. The molecular weight excluding hydrogens is 160 g/mol. The molecule has 1 heterocycles. The van der Waals surface area contributed by atoms with Crippen LogP contribution < -0.4 is 0 Å². The Kier molecular flexibility index (Phi) is 6.26. The van der Waals surface area contributed by atoms with E-state index in [-0.39, 0.29) is 0 Å². The van der Waals surface area contributed by atoms with Gasteiger partial charge in [-0.1, -0.05) is 45.4 Å². The van der Waals surface area contributed by atoms with Crippen molar-refractivity contribution < 1.29 is 4.74 Å². The summed E-state index contributed by atoms with van der Waals surface area (Å²) in [5.41, 5.74) is 0. The van der Waals surface area contributed by atoms with Crippen LogP contribution >= 0.6 is 0 Å². The van der Waals surface area contributed by atoms with Gasteiger partial charge in [0.25, 0.3) is 0 Å². The van der Waals surface area contributed by atoms with Crippen molar-refractivity contribution in [3.8, 4) is 0 Å². The molecule has 1 unspecified atom stereocenters. The van der Waals surface area contributed by atoms with E-state index in [9.17, 15) is 0 Å². The van der Waals surface area contributed by atoms with Gasteiger partial charge in [-0.25, -0.2) is 0 Å². The highest BCUT2D eigenvalue weighted by atomic mass is 16.5. The fourth-order valence-corrected chi connectivity index (χ4v) is 1.94. The van der Waals surface area contributed by atoms with E-state index in [0.717, 1.165) is 13.0 Å². The molecule has 1 heteroatoms. The fourth-order valence-electron chi connectivity index (χ4n) is 1.94. The molecule has 1 nitrogen and oxygen atoms in total. The Morgan fingerprint density at radius 3 is 2.85 bits per heavy atom. The van der Waals surface area contributed by atoms with Gasteiger partial charge in [-0.15, -0.1) is 0 Å². The van der Waals surface area contributed by atoms with Crippen molar-refractivity contribution in [2.45, 2.75) is 63.9 Å². The molecule has 0 saturated carbocycles. The largest absolute Gasteiger partial charge is 0.378 e. The first-order chi connectivity index (χ1) is 6.43. The molecule has 1 aliphatic heterocycles. The van der Waals surface area contributed by atoms with Crippen molar-refractivity contribution in [1.29, 1.82) is 0 Å². The third kappa shape index (κ3) is 5.30. The van der Waals surface area contributed by atoms with E-state index in [2.05, 4.69) is 6.92 Å². The van der Waals surface area contributed by atoms with E-state index in [4.69, 9.17) is 4.74 Å². The van der Waals surface area contributed by atoms with Crippen LogP contribution in [0.25, 0.3) is 0 Å². The molecule has 0 spiro atoms. The van der Waals surface area contributed by atoms with Crippen molar-refractivity contribution >= 4 is 0 Å². The summed E-state index contributed by atoms with van der Waals surface area (Å²) in [5, 5.41) is 0. The number of ether oxygens (including phenoxy) is 1. The van der Waals surface area contributed by atoms with Gasteiger partial charge in [0, 0.05) is 6.61 Å². The monoisotopic (exact) mass is 183 g/mol. The average Bonchev–Trinajstić information content (AvgIpc) is 2.41. The number of unbranched alkanes of at least 4 members (excludes halogenated alkanes) is 3. The van der Waals surface area contributed by atoms with Crippen LogP contribution in [0.3, 0.4) is 0 Å². The fraction of sp³-hybridized carbons (Fsp3) is 0.917. The van der Waals surface area contributed by atoms with Gasteiger partial charge in [-0.2, -0.15) is 0 Å². The molecule has 1 saturated heterocycles. The second-order valence-electron chi connectivity index (χ2n) is 4.05. The molecule has 1 atom stereocenters. The lowest BCUT2D eigenvalue weighted by molar-refractivity contribution is 0.0510. The maximum atomic E-state index is 5.77. The second kappa shape index (κ2) is 7.37. The molecule has 0 bridgehead atoms. The van der Waals surface area contributed by atoms with Gasteiger partial charge < -0.3 is 4.74 Å². The highest BCUT2D eigenvalue weighted by Crippen LogP contribution is 2.18. The average molecular weight is 183 g/mol. The minimum Gasteiger partial charge on any atom is -0.378 e. The standard InChI is InChI=1S/C12H23O/c1-2-3-4-6-9-12-10-7-5-8-11-13-12/h12H,1-11H2. The molecule has 13 heavy (non-hydrogen) atoms. The van der Waals surface area contributed by atoms with Crippen molar-refractivity contribution in [2.75, 3.05) is 6.61 Å². The van der Waals surface area contributed by atoms with Crippen molar-refractivity contribution in [1.82, 2.24) is 0 Å². The molecule has 1 radical (unpaired) electrons. The number of hydrogen-bond donors (Lipinski definition) is 0. The molecule has 0 N–H and O–H groups in total. The summed E-state index contributed by atoms with van der Waals surface area (Å²) in [7, 11) is 0. The Bertz CT molecular complexity index is 104. The Hall–Kier alpha value is -0.0400. The SMILES string of the molecule is [CH2]CCCCCC1CCCCCO1. The Morgan fingerprint density at radius 2 is 2.00 bits per heavy atom. The van der Waals surface area contributed by atoms with Gasteiger partial charge in [0.1, 0.15) is 0 Å². The quantitative estimate of drug-likeness (QED) is 0.590. The molecule has 0 amide bonds. The first-order valence-corrected chi connectivity index (χ1v) is 5.84. The van der Waals surface area contributed by atoms with Crippen LogP contribution in [0.15, 0.2) is 0 Å². The summed E-state index contributed by atoms with van der Waals surface area (Å²) in [6.45, 7) is 4.85. The molecule has 1 rings (SSSR count). The Labute approximate surface area is 82.9 Å². The summed E-state index contributed by atoms with van der Waals surface area (Å²) in [6, 6.07) is 0. The number of hydrogen-bond acceptors (Lipinski definition) is 1. The maximum Gasteiger partial charge on any atom is 0.0575 e. The first kappa shape index (κ1) is 11.0. The normalized spacial score (nSPS) is 24.2. The van der Waals surface area contributed by atoms with E-state index in [1.54, 1.807) is 0 Å². The van der Waals surface area contributed by atoms with E-state index in [1.165, 1.54) is 51.4 Å². The lowest BCUT2D eigenvalue weighted by atomic mass is 10.0. The smallest absolute Gasteiger partial charge is 0.0575 e. The van der Waals surface area contributed by atoms with E-state index < -0.39 is 0 Å². The molecule has 0 aromatic rings. The van der Waals surface area contributed by atoms with Crippen molar-refractivity contribution in [3.05, 3.63) is 6.92 Å². The summed E-state index contributed by atoms with van der Waals surface area (Å²) in [4.78, 5) is 0. The van der Waals surface area contributed by atoms with Crippen LogP contribution in [0, 0.1) is 6.92 Å². The van der Waals surface area contributed by atoms with Crippen LogP contribution in [0.2, 0.25) is 0 Å². The Morgan fingerprint density at radius 1 is 1.08 bits per heavy atom. The topological polar surface area (TPSA) is 9.23 Å². The molecule has 0 aliphatic carbocycles. The van der Waals surface area contributed by atoms with Gasteiger partial charge in [-0.3, -0.25) is 0 Å². The van der Waals surface area contributed by atoms with E-state index >= 15 is 0 Å². The zero-order valence-electron chi connectivity index (χ0n) is 8.76. The summed E-state index contributed by atoms with van der Waals surface area (Å²) >= 11 is 0. The third-order valence-corrected chi connectivity index (χ3v) is 2.80. The molecule has 1 aliphatic rings. The van der Waals surface area contributed by atoms with E-state index in [1.807, 2.05) is 0 Å². The van der Waals surface area contributed by atoms with Gasteiger partial charge >= 0.3 is 0 Å². The molecule has 77 valence electrons.